The Balaban J connectivity index is 1.57. The number of nitrogens with one attached hydrogen (secondary N) is 2. The number of pyridine rings is 1. The van der Waals surface area contributed by atoms with Gasteiger partial charge in [-0.2, -0.15) is 4.98 Å². The molecule has 3 aromatic rings. The fourth-order valence-electron chi connectivity index (χ4n) is 4.71. The number of aromatic nitrogens is 3. The molecule has 2 aromatic heterocycles. The fraction of sp³-hybridized carbons (Fsp3) is 0.387. The van der Waals surface area contributed by atoms with Crippen LogP contribution in [0.2, 0.25) is 0 Å². The van der Waals surface area contributed by atoms with Crippen LogP contribution in [0.25, 0.3) is 11.1 Å². The number of alkyl halides is 1. The molecule has 1 fully saturated rings. The van der Waals surface area contributed by atoms with Gasteiger partial charge in [0.15, 0.2) is 0 Å². The molecule has 1 saturated heterocycles. The number of carbonyl (C=O) groups excluding carboxylic acids is 2. The van der Waals surface area contributed by atoms with Crippen LogP contribution in [0.3, 0.4) is 0 Å². The number of nitrogens with zero attached hydrogens (tertiary/aromatic N) is 6. The van der Waals surface area contributed by atoms with Crippen molar-refractivity contribution in [3.8, 4) is 11.1 Å². The average molecular weight is 591 g/mol. The average Bonchev–Trinajstić information content (AvgIpc) is 3.37. The number of ether oxygens (including phenoxy) is 1. The Hall–Kier alpha value is -4.58. The molecule has 0 bridgehead atoms. The van der Waals surface area contributed by atoms with Crippen molar-refractivity contribution < 1.29 is 18.7 Å². The summed E-state index contributed by atoms with van der Waals surface area (Å²) >= 11 is 0. The third-order valence-corrected chi connectivity index (χ3v) is 7.25. The lowest BCUT2D eigenvalue weighted by Crippen LogP contribution is -2.39. The van der Waals surface area contributed by atoms with E-state index in [-0.39, 0.29) is 30.3 Å². The predicted octanol–water partition coefficient (Wildman–Crippen LogP) is 4.83. The molecule has 1 aliphatic rings. The van der Waals surface area contributed by atoms with E-state index in [2.05, 4.69) is 43.0 Å². The molecule has 0 aliphatic carbocycles. The molecule has 4 rings (SSSR count). The van der Waals surface area contributed by atoms with Gasteiger partial charge in [-0.15, -0.1) is 0 Å². The summed E-state index contributed by atoms with van der Waals surface area (Å²) in [6.45, 7) is 10.5. The maximum absolute atomic E-state index is 14.1. The summed E-state index contributed by atoms with van der Waals surface area (Å²) in [5.41, 5.74) is 5.20. The molecule has 0 saturated carbocycles. The molecular weight excluding hydrogens is 551 g/mol. The van der Waals surface area contributed by atoms with Gasteiger partial charge in [-0.3, -0.25) is 14.7 Å². The summed E-state index contributed by atoms with van der Waals surface area (Å²) < 4.78 is 19.1. The van der Waals surface area contributed by atoms with Gasteiger partial charge >= 0.3 is 6.09 Å². The van der Waals surface area contributed by atoms with Crippen LogP contribution in [0, 0.1) is 6.92 Å². The Kier molecular flexibility index (Phi) is 9.92. The lowest BCUT2D eigenvalue weighted by Gasteiger charge is -2.23. The first kappa shape index (κ1) is 31.4. The van der Waals surface area contributed by atoms with Crippen molar-refractivity contribution in [3.63, 3.8) is 0 Å². The highest BCUT2D eigenvalue weighted by molar-refractivity contribution is 5.99. The molecule has 3 atom stereocenters. The van der Waals surface area contributed by atoms with Crippen molar-refractivity contribution in [1.29, 1.82) is 0 Å². The van der Waals surface area contributed by atoms with Crippen LogP contribution >= 0.6 is 0 Å². The molecule has 2 amide bonds. The van der Waals surface area contributed by atoms with Gasteiger partial charge in [0, 0.05) is 49.5 Å². The van der Waals surface area contributed by atoms with Crippen LogP contribution in [0.1, 0.15) is 31.1 Å². The fourth-order valence-corrected chi connectivity index (χ4v) is 4.71. The van der Waals surface area contributed by atoms with Crippen molar-refractivity contribution in [2.75, 3.05) is 61.3 Å². The van der Waals surface area contributed by atoms with Crippen LogP contribution in [0.5, 0.6) is 0 Å². The highest BCUT2D eigenvalue weighted by Crippen LogP contribution is 2.32. The summed E-state index contributed by atoms with van der Waals surface area (Å²) in [6, 6.07) is 8.45. The lowest BCUT2D eigenvalue weighted by molar-refractivity contribution is -0.111. The van der Waals surface area contributed by atoms with Crippen molar-refractivity contribution in [2.45, 2.75) is 39.0 Å². The minimum atomic E-state index is -1.28. The Morgan fingerprint density at radius 2 is 1.98 bits per heavy atom. The first-order valence-corrected chi connectivity index (χ1v) is 14.1. The van der Waals surface area contributed by atoms with E-state index in [0.29, 0.717) is 5.69 Å². The van der Waals surface area contributed by atoms with Crippen LogP contribution in [0.4, 0.5) is 32.3 Å². The number of hydrogen-bond acceptors (Lipinski definition) is 9. The van der Waals surface area contributed by atoms with Crippen molar-refractivity contribution in [2.24, 2.45) is 0 Å². The highest BCUT2D eigenvalue weighted by atomic mass is 19.1. The molecule has 3 heterocycles. The number of aryl methyl sites for hydroxylation is 1. The molecule has 11 nitrogen and oxygen atoms in total. The van der Waals surface area contributed by atoms with Gasteiger partial charge in [0.25, 0.3) is 0 Å². The third-order valence-electron chi connectivity index (χ3n) is 7.25. The van der Waals surface area contributed by atoms with Gasteiger partial charge in [0.05, 0.1) is 11.7 Å². The monoisotopic (exact) mass is 590 g/mol. The maximum atomic E-state index is 14.1. The van der Waals surface area contributed by atoms with E-state index in [9.17, 15) is 14.0 Å². The number of rotatable bonds is 12. The predicted molar refractivity (Wildman–Crippen MR) is 167 cm³/mol. The zero-order valence-electron chi connectivity index (χ0n) is 25.5. The smallest absolute Gasteiger partial charge is 0.416 e. The number of cyclic esters (lactones) is 1. The molecule has 0 spiro atoms. The Bertz CT molecular complexity index is 1480. The van der Waals surface area contributed by atoms with E-state index in [1.807, 2.05) is 59.4 Å². The zero-order chi connectivity index (χ0) is 31.3. The quantitative estimate of drug-likeness (QED) is 0.286. The second-order valence-corrected chi connectivity index (χ2v) is 10.9. The number of anilines is 4. The Morgan fingerprint density at radius 3 is 2.65 bits per heavy atom. The minimum Gasteiger partial charge on any atom is -0.447 e. The third kappa shape index (κ3) is 7.63. The van der Waals surface area contributed by atoms with E-state index in [4.69, 9.17) is 9.72 Å². The first-order chi connectivity index (χ1) is 20.5. The summed E-state index contributed by atoms with van der Waals surface area (Å²) in [4.78, 5) is 43.3. The Morgan fingerprint density at radius 1 is 1.21 bits per heavy atom. The molecule has 0 unspecified atom stereocenters. The minimum absolute atomic E-state index is 0.0351. The normalized spacial score (nSPS) is 16.0. The van der Waals surface area contributed by atoms with E-state index in [1.165, 1.54) is 24.1 Å². The molecule has 12 heteroatoms. The largest absolute Gasteiger partial charge is 0.447 e. The molecule has 228 valence electrons. The molecule has 43 heavy (non-hydrogen) atoms. The van der Waals surface area contributed by atoms with E-state index in [0.717, 1.165) is 41.2 Å². The van der Waals surface area contributed by atoms with Crippen molar-refractivity contribution in [1.82, 2.24) is 19.9 Å². The number of amides is 2. The molecule has 1 aliphatic heterocycles. The molecule has 1 aromatic carbocycles. The zero-order valence-corrected chi connectivity index (χ0v) is 25.5. The second-order valence-electron chi connectivity index (χ2n) is 10.9. The van der Waals surface area contributed by atoms with E-state index >= 15 is 0 Å². The lowest BCUT2D eigenvalue weighted by atomic mass is 9.99. The van der Waals surface area contributed by atoms with Gasteiger partial charge < -0.3 is 25.2 Å². The number of benzene rings is 1. The van der Waals surface area contributed by atoms with Gasteiger partial charge in [0.2, 0.25) is 11.9 Å². The first-order valence-electron chi connectivity index (χ1n) is 14.1. The van der Waals surface area contributed by atoms with Gasteiger partial charge in [-0.25, -0.2) is 14.2 Å². The van der Waals surface area contributed by atoms with E-state index < -0.39 is 18.3 Å². The van der Waals surface area contributed by atoms with Crippen molar-refractivity contribution >= 4 is 35.1 Å². The highest BCUT2D eigenvalue weighted by Gasteiger charge is 2.39. The number of halogens is 1. The van der Waals surface area contributed by atoms with Gasteiger partial charge in [0.1, 0.15) is 24.6 Å². The van der Waals surface area contributed by atoms with Gasteiger partial charge in [-0.1, -0.05) is 6.58 Å². The van der Waals surface area contributed by atoms with Crippen LogP contribution < -0.4 is 20.4 Å². The molecule has 2 N–H and O–H groups in total. The summed E-state index contributed by atoms with van der Waals surface area (Å²) in [7, 11) is 6.08. The van der Waals surface area contributed by atoms with Crippen LogP contribution in [-0.2, 0) is 9.53 Å². The van der Waals surface area contributed by atoms with Crippen molar-refractivity contribution in [3.05, 3.63) is 66.6 Å². The number of hydrogen-bond donors (Lipinski definition) is 2. The summed E-state index contributed by atoms with van der Waals surface area (Å²) in [5, 5.41) is 6.11. The second kappa shape index (κ2) is 13.6. The SMILES string of the molecule is C=CC(=O)Nc1cc(-c2cnc([C@H](C)Nc3nccc(N4C(=O)OC[C@@H]4[C@H](C)F)n3)cc2C)cc(N(C)CCN(C)C)c1. The van der Waals surface area contributed by atoms with E-state index in [1.54, 1.807) is 6.07 Å². The topological polar surface area (TPSA) is 116 Å². The summed E-state index contributed by atoms with van der Waals surface area (Å²) in [5.74, 6) is 0.248. The summed E-state index contributed by atoms with van der Waals surface area (Å²) in [6.07, 6.45) is 2.65. The Labute approximate surface area is 251 Å². The maximum Gasteiger partial charge on any atom is 0.416 e. The van der Waals surface area contributed by atoms with Gasteiger partial charge in [-0.05, 0) is 82.4 Å². The standard InChI is InChI=1S/C31H39FN8O3/c1-8-29(41)36-23-14-22(15-24(16-23)39(7)12-11-38(5)6)25-17-34-26(13-19(25)2)21(4)35-30-33-10-9-28(37-30)40-27(20(3)32)18-43-31(40)42/h8-10,13-17,20-21,27H,1,11-12,18H2,2-7H3,(H,36,41)(H,33,35,37)/t20-,21-,27+/m0/s1. The van der Waals surface area contributed by atoms with Crippen LogP contribution in [0.15, 0.2) is 55.4 Å². The molecular formula is C31H39FN8O3. The molecule has 0 radical (unpaired) electrons. The number of likely N-dealkylation sites (N-methyl/N-ethyl adjacent to an activating group) is 2. The number of carbonyl (C=O) groups is 2. The van der Waals surface area contributed by atoms with Crippen LogP contribution in [-0.4, -0.2) is 84.9 Å².